The molecule has 1 aromatic carbocycles. The molecule has 26 heavy (non-hydrogen) atoms. The Hall–Kier alpha value is -2.60. The Morgan fingerprint density at radius 2 is 2.04 bits per heavy atom. The summed E-state index contributed by atoms with van der Waals surface area (Å²) in [6.07, 6.45) is 4.59. The molecule has 2 amide bonds. The molecule has 3 heterocycles. The molecule has 6 heteroatoms. The fourth-order valence-corrected chi connectivity index (χ4v) is 3.94. The first kappa shape index (κ1) is 16.8. The van der Waals surface area contributed by atoms with E-state index in [4.69, 9.17) is 4.42 Å². The van der Waals surface area contributed by atoms with Gasteiger partial charge in [-0.25, -0.2) is 0 Å². The number of nitrogens with zero attached hydrogens (tertiary/aromatic N) is 1. The Morgan fingerprint density at radius 3 is 2.85 bits per heavy atom. The van der Waals surface area contributed by atoms with Crippen LogP contribution < -0.4 is 10.6 Å². The first-order valence-electron chi connectivity index (χ1n) is 9.12. The van der Waals surface area contributed by atoms with Crippen LogP contribution in [0.3, 0.4) is 0 Å². The van der Waals surface area contributed by atoms with E-state index in [0.717, 1.165) is 37.9 Å². The Bertz CT molecular complexity index is 802. The second-order valence-corrected chi connectivity index (χ2v) is 7.05. The molecule has 2 aliphatic heterocycles. The van der Waals surface area contributed by atoms with Crippen LogP contribution in [0, 0.1) is 6.92 Å². The Morgan fingerprint density at radius 1 is 1.19 bits per heavy atom. The highest BCUT2D eigenvalue weighted by Crippen LogP contribution is 2.30. The highest BCUT2D eigenvalue weighted by atomic mass is 16.3. The van der Waals surface area contributed by atoms with Gasteiger partial charge in [-0.3, -0.25) is 9.59 Å². The maximum absolute atomic E-state index is 13.2. The summed E-state index contributed by atoms with van der Waals surface area (Å²) < 4.78 is 5.14. The molecule has 2 bridgehead atoms. The van der Waals surface area contributed by atoms with Crippen molar-refractivity contribution in [3.05, 3.63) is 53.5 Å². The van der Waals surface area contributed by atoms with Gasteiger partial charge in [0, 0.05) is 29.9 Å². The number of anilines is 1. The molecular weight excluding hydrogens is 330 g/mol. The van der Waals surface area contributed by atoms with E-state index in [9.17, 15) is 9.59 Å². The molecular formula is C20H23N3O3. The van der Waals surface area contributed by atoms with Crippen molar-refractivity contribution in [1.29, 1.82) is 0 Å². The number of carbonyl (C=O) groups excluding carboxylic acids is 2. The van der Waals surface area contributed by atoms with Crippen LogP contribution in [0.4, 0.5) is 5.69 Å². The first-order valence-corrected chi connectivity index (χ1v) is 9.12. The number of aryl methyl sites for hydroxylation is 1. The summed E-state index contributed by atoms with van der Waals surface area (Å²) in [5.74, 6) is -0.0193. The molecule has 2 atom stereocenters. The average Bonchev–Trinajstić information content (AvgIpc) is 3.23. The molecule has 0 saturated carbocycles. The number of hydrogen-bond donors (Lipinski definition) is 2. The topological polar surface area (TPSA) is 74.6 Å². The molecule has 4 rings (SSSR count). The molecule has 2 unspecified atom stereocenters. The predicted octanol–water partition coefficient (Wildman–Crippen LogP) is 2.81. The van der Waals surface area contributed by atoms with Gasteiger partial charge in [-0.1, -0.05) is 6.07 Å². The van der Waals surface area contributed by atoms with E-state index in [1.165, 1.54) is 6.26 Å². The third kappa shape index (κ3) is 3.12. The maximum atomic E-state index is 13.2. The number of fused-ring (bicyclic) bond motifs is 2. The zero-order chi connectivity index (χ0) is 18.1. The summed E-state index contributed by atoms with van der Waals surface area (Å²) in [5, 5.41) is 6.26. The van der Waals surface area contributed by atoms with Crippen molar-refractivity contribution >= 4 is 17.5 Å². The lowest BCUT2D eigenvalue weighted by Crippen LogP contribution is -2.42. The summed E-state index contributed by atoms with van der Waals surface area (Å²) in [4.78, 5) is 27.5. The lowest BCUT2D eigenvalue weighted by atomic mass is 10.1. The lowest BCUT2D eigenvalue weighted by molar-refractivity contribution is 0.0680. The van der Waals surface area contributed by atoms with Gasteiger partial charge in [-0.2, -0.15) is 0 Å². The number of benzene rings is 1. The molecule has 2 aliphatic rings. The number of furan rings is 1. The lowest BCUT2D eigenvalue weighted by Gasteiger charge is -2.28. The summed E-state index contributed by atoms with van der Waals surface area (Å²) in [6.45, 7) is 3.73. The van der Waals surface area contributed by atoms with E-state index < -0.39 is 0 Å². The van der Waals surface area contributed by atoms with Gasteiger partial charge in [-0.05, 0) is 62.6 Å². The van der Waals surface area contributed by atoms with Crippen LogP contribution in [-0.4, -0.2) is 41.9 Å². The third-order valence-corrected chi connectivity index (χ3v) is 5.37. The zero-order valence-electron chi connectivity index (χ0n) is 14.8. The largest absolute Gasteiger partial charge is 0.459 e. The van der Waals surface area contributed by atoms with Gasteiger partial charge in [0.15, 0.2) is 5.76 Å². The number of amides is 2. The van der Waals surface area contributed by atoms with Gasteiger partial charge in [0.2, 0.25) is 0 Å². The van der Waals surface area contributed by atoms with E-state index in [1.807, 2.05) is 24.0 Å². The fraction of sp³-hybridized carbons (Fsp3) is 0.400. The van der Waals surface area contributed by atoms with Crippen LogP contribution in [0.2, 0.25) is 0 Å². The molecule has 2 fully saturated rings. The van der Waals surface area contributed by atoms with E-state index >= 15 is 0 Å². The van der Waals surface area contributed by atoms with E-state index in [-0.39, 0.29) is 23.6 Å². The van der Waals surface area contributed by atoms with Crippen molar-refractivity contribution in [1.82, 2.24) is 10.2 Å². The highest BCUT2D eigenvalue weighted by Gasteiger charge is 2.38. The Balaban J connectivity index is 1.57. The van der Waals surface area contributed by atoms with Crippen molar-refractivity contribution in [3.8, 4) is 0 Å². The van der Waals surface area contributed by atoms with Gasteiger partial charge < -0.3 is 20.0 Å². The molecule has 0 radical (unpaired) electrons. The zero-order valence-corrected chi connectivity index (χ0v) is 14.8. The monoisotopic (exact) mass is 353 g/mol. The van der Waals surface area contributed by atoms with Crippen LogP contribution in [0.25, 0.3) is 0 Å². The minimum absolute atomic E-state index is 0.0506. The normalized spacial score (nSPS) is 22.1. The molecule has 2 aromatic rings. The summed E-state index contributed by atoms with van der Waals surface area (Å²) in [5.41, 5.74) is 2.16. The number of nitrogens with one attached hydrogen (secondary N) is 2. The molecule has 2 saturated heterocycles. The van der Waals surface area contributed by atoms with Crippen molar-refractivity contribution in [2.24, 2.45) is 0 Å². The van der Waals surface area contributed by atoms with Crippen LogP contribution in [0.1, 0.15) is 45.7 Å². The second-order valence-electron chi connectivity index (χ2n) is 7.05. The second kappa shape index (κ2) is 6.96. The quantitative estimate of drug-likeness (QED) is 0.890. The van der Waals surface area contributed by atoms with Crippen molar-refractivity contribution in [3.63, 3.8) is 0 Å². The third-order valence-electron chi connectivity index (χ3n) is 5.37. The van der Waals surface area contributed by atoms with E-state index in [0.29, 0.717) is 17.3 Å². The smallest absolute Gasteiger partial charge is 0.291 e. The maximum Gasteiger partial charge on any atom is 0.291 e. The fourth-order valence-electron chi connectivity index (χ4n) is 3.94. The van der Waals surface area contributed by atoms with Crippen LogP contribution in [0.15, 0.2) is 41.0 Å². The Kier molecular flexibility index (Phi) is 4.51. The summed E-state index contributed by atoms with van der Waals surface area (Å²) in [7, 11) is 0. The number of hydrogen-bond acceptors (Lipinski definition) is 4. The van der Waals surface area contributed by atoms with Gasteiger partial charge in [0.25, 0.3) is 11.8 Å². The van der Waals surface area contributed by atoms with Gasteiger partial charge in [-0.15, -0.1) is 0 Å². The SMILES string of the molecule is Cc1ccc(C(=O)N2C3CCNCC2CC3)cc1NC(=O)c1ccco1. The van der Waals surface area contributed by atoms with Crippen molar-refractivity contribution < 1.29 is 14.0 Å². The molecule has 0 spiro atoms. The number of carbonyl (C=O) groups is 2. The van der Waals surface area contributed by atoms with E-state index in [1.54, 1.807) is 18.2 Å². The van der Waals surface area contributed by atoms with Crippen LogP contribution in [-0.2, 0) is 0 Å². The summed E-state index contributed by atoms with van der Waals surface area (Å²) >= 11 is 0. The van der Waals surface area contributed by atoms with Crippen LogP contribution >= 0.6 is 0 Å². The highest BCUT2D eigenvalue weighted by molar-refractivity contribution is 6.04. The van der Waals surface area contributed by atoms with Crippen LogP contribution in [0.5, 0.6) is 0 Å². The van der Waals surface area contributed by atoms with Gasteiger partial charge in [0.05, 0.1) is 6.26 Å². The van der Waals surface area contributed by atoms with E-state index in [2.05, 4.69) is 10.6 Å². The average molecular weight is 353 g/mol. The minimum atomic E-state index is -0.318. The van der Waals surface area contributed by atoms with Gasteiger partial charge >= 0.3 is 0 Å². The Labute approximate surface area is 152 Å². The first-order chi connectivity index (χ1) is 12.6. The molecule has 0 aliphatic carbocycles. The molecule has 6 nitrogen and oxygen atoms in total. The molecule has 2 N–H and O–H groups in total. The van der Waals surface area contributed by atoms with Gasteiger partial charge in [0.1, 0.15) is 0 Å². The molecule has 136 valence electrons. The number of rotatable bonds is 3. The minimum Gasteiger partial charge on any atom is -0.459 e. The van der Waals surface area contributed by atoms with Crippen molar-refractivity contribution in [2.75, 3.05) is 18.4 Å². The predicted molar refractivity (Wildman–Crippen MR) is 98.3 cm³/mol. The van der Waals surface area contributed by atoms with Crippen molar-refractivity contribution in [2.45, 2.75) is 38.3 Å². The standard InChI is InChI=1S/C20H23N3O3/c1-13-4-5-14(11-17(13)22-19(24)18-3-2-10-26-18)20(25)23-15-6-7-16(23)12-21-9-8-15/h2-5,10-11,15-16,21H,6-9,12H2,1H3,(H,22,24). The summed E-state index contributed by atoms with van der Waals surface area (Å²) in [6, 6.07) is 9.35. The molecule has 1 aromatic heterocycles.